The number of nitrogens with one attached hydrogen (secondary N) is 1. The molecule has 0 amide bonds. The summed E-state index contributed by atoms with van der Waals surface area (Å²) in [5.74, 6) is 0.192. The molecule has 0 fully saturated rings. The first-order valence-electron chi connectivity index (χ1n) is 5.48. The predicted octanol–water partition coefficient (Wildman–Crippen LogP) is 2.13. The zero-order valence-electron chi connectivity index (χ0n) is 10.1. The van der Waals surface area contributed by atoms with Crippen LogP contribution in [-0.4, -0.2) is 14.2 Å². The van der Waals surface area contributed by atoms with E-state index in [2.05, 4.69) is 4.72 Å². The fourth-order valence-corrected chi connectivity index (χ4v) is 2.58. The van der Waals surface area contributed by atoms with Crippen molar-refractivity contribution < 1.29 is 8.42 Å². The Kier molecular flexibility index (Phi) is 4.50. The van der Waals surface area contributed by atoms with E-state index in [-0.39, 0.29) is 5.75 Å². The summed E-state index contributed by atoms with van der Waals surface area (Å²) in [4.78, 5) is 0. The van der Waals surface area contributed by atoms with E-state index in [9.17, 15) is 8.42 Å². The highest BCUT2D eigenvalue weighted by atomic mass is 32.2. The molecule has 0 saturated carbocycles. The molecule has 0 aliphatic rings. The maximum absolute atomic E-state index is 11.5. The number of rotatable bonds is 5. The Labute approximate surface area is 97.9 Å². The minimum atomic E-state index is -3.11. The maximum atomic E-state index is 11.5. The average molecular weight is 241 g/mol. The quantitative estimate of drug-likeness (QED) is 0.858. The first-order valence-corrected chi connectivity index (χ1v) is 7.13. The number of hydrogen-bond acceptors (Lipinski definition) is 2. The largest absolute Gasteiger partial charge is 0.212 e. The van der Waals surface area contributed by atoms with Crippen molar-refractivity contribution in [2.75, 3.05) is 5.75 Å². The molecule has 16 heavy (non-hydrogen) atoms. The molecule has 1 rings (SSSR count). The van der Waals surface area contributed by atoms with Crippen LogP contribution in [0.15, 0.2) is 18.2 Å². The van der Waals surface area contributed by atoms with Crippen molar-refractivity contribution >= 4 is 10.0 Å². The van der Waals surface area contributed by atoms with Gasteiger partial charge in [-0.3, -0.25) is 0 Å². The highest BCUT2D eigenvalue weighted by Gasteiger charge is 2.08. The van der Waals surface area contributed by atoms with Crippen LogP contribution in [-0.2, 0) is 16.6 Å². The van der Waals surface area contributed by atoms with Gasteiger partial charge < -0.3 is 0 Å². The molecule has 0 aromatic heterocycles. The lowest BCUT2D eigenvalue weighted by atomic mass is 10.1. The van der Waals surface area contributed by atoms with Gasteiger partial charge in [-0.25, -0.2) is 13.1 Å². The molecule has 1 aromatic rings. The van der Waals surface area contributed by atoms with Crippen molar-refractivity contribution in [2.45, 2.75) is 33.7 Å². The molecular formula is C12H19NO2S. The number of aryl methyl sites for hydroxylation is 2. The second-order valence-electron chi connectivity index (χ2n) is 4.07. The van der Waals surface area contributed by atoms with Crippen molar-refractivity contribution in [1.82, 2.24) is 4.72 Å². The molecule has 90 valence electrons. The van der Waals surface area contributed by atoms with E-state index in [1.54, 1.807) is 0 Å². The molecule has 0 heterocycles. The molecule has 0 spiro atoms. The second-order valence-corrected chi connectivity index (χ2v) is 6.00. The molecule has 0 aliphatic carbocycles. The Balaban J connectivity index is 2.71. The molecule has 4 heteroatoms. The van der Waals surface area contributed by atoms with Gasteiger partial charge >= 0.3 is 0 Å². The first-order chi connectivity index (χ1) is 7.44. The van der Waals surface area contributed by atoms with Crippen LogP contribution in [0.3, 0.4) is 0 Å². The SMILES string of the molecule is CCCS(=O)(=O)NCc1cc(C)ccc1C. The number of sulfonamides is 1. The predicted molar refractivity (Wildman–Crippen MR) is 66.8 cm³/mol. The second kappa shape index (κ2) is 5.46. The minimum absolute atomic E-state index is 0.192. The van der Waals surface area contributed by atoms with Gasteiger partial charge in [-0.2, -0.15) is 0 Å². The lowest BCUT2D eigenvalue weighted by Gasteiger charge is -2.09. The van der Waals surface area contributed by atoms with E-state index in [0.717, 1.165) is 16.7 Å². The van der Waals surface area contributed by atoms with E-state index in [1.165, 1.54) is 0 Å². The van der Waals surface area contributed by atoms with Crippen LogP contribution in [0.2, 0.25) is 0 Å². The van der Waals surface area contributed by atoms with Crippen LogP contribution < -0.4 is 4.72 Å². The smallest absolute Gasteiger partial charge is 0.211 e. The van der Waals surface area contributed by atoms with Gasteiger partial charge in [-0.15, -0.1) is 0 Å². The maximum Gasteiger partial charge on any atom is 0.211 e. The van der Waals surface area contributed by atoms with E-state index < -0.39 is 10.0 Å². The number of hydrogen-bond donors (Lipinski definition) is 1. The highest BCUT2D eigenvalue weighted by molar-refractivity contribution is 7.89. The molecule has 0 aliphatic heterocycles. The van der Waals surface area contributed by atoms with Gasteiger partial charge in [0.1, 0.15) is 0 Å². The summed E-state index contributed by atoms with van der Waals surface area (Å²) < 4.78 is 25.6. The molecular weight excluding hydrogens is 222 g/mol. The third kappa shape index (κ3) is 3.94. The van der Waals surface area contributed by atoms with Gasteiger partial charge in [0.25, 0.3) is 0 Å². The molecule has 3 nitrogen and oxygen atoms in total. The zero-order valence-corrected chi connectivity index (χ0v) is 10.9. The lowest BCUT2D eigenvalue weighted by molar-refractivity contribution is 0.580. The van der Waals surface area contributed by atoms with Gasteiger partial charge in [0.15, 0.2) is 0 Å². The Bertz CT molecular complexity index is 452. The Hall–Kier alpha value is -0.870. The standard InChI is InChI=1S/C12H19NO2S/c1-4-7-16(14,15)13-9-12-8-10(2)5-6-11(12)3/h5-6,8,13H,4,7,9H2,1-3H3. The van der Waals surface area contributed by atoms with E-state index in [4.69, 9.17) is 0 Å². The third-order valence-corrected chi connectivity index (χ3v) is 3.99. The van der Waals surface area contributed by atoms with Crippen LogP contribution in [0, 0.1) is 13.8 Å². The summed E-state index contributed by atoms with van der Waals surface area (Å²) in [6, 6.07) is 6.06. The topological polar surface area (TPSA) is 46.2 Å². The monoisotopic (exact) mass is 241 g/mol. The van der Waals surface area contributed by atoms with Crippen LogP contribution in [0.5, 0.6) is 0 Å². The summed E-state index contributed by atoms with van der Waals surface area (Å²) in [6.07, 6.45) is 0.641. The summed E-state index contributed by atoms with van der Waals surface area (Å²) >= 11 is 0. The van der Waals surface area contributed by atoms with E-state index >= 15 is 0 Å². The van der Waals surface area contributed by atoms with Gasteiger partial charge in [0, 0.05) is 6.54 Å². The van der Waals surface area contributed by atoms with Gasteiger partial charge in [0.2, 0.25) is 10.0 Å². The van der Waals surface area contributed by atoms with Crippen LogP contribution in [0.4, 0.5) is 0 Å². The third-order valence-electron chi connectivity index (χ3n) is 2.46. The lowest BCUT2D eigenvalue weighted by Crippen LogP contribution is -2.26. The van der Waals surface area contributed by atoms with E-state index in [0.29, 0.717) is 13.0 Å². The van der Waals surface area contributed by atoms with Crippen molar-refractivity contribution in [3.63, 3.8) is 0 Å². The van der Waals surface area contributed by atoms with Gasteiger partial charge in [-0.05, 0) is 31.4 Å². The molecule has 0 saturated heterocycles. The zero-order chi connectivity index (χ0) is 12.2. The van der Waals surface area contributed by atoms with Crippen molar-refractivity contribution in [1.29, 1.82) is 0 Å². The normalized spacial score (nSPS) is 11.7. The Morgan fingerprint density at radius 2 is 1.94 bits per heavy atom. The Morgan fingerprint density at radius 1 is 1.25 bits per heavy atom. The fourth-order valence-electron chi connectivity index (χ4n) is 1.52. The number of benzene rings is 1. The molecule has 0 atom stereocenters. The summed E-state index contributed by atoms with van der Waals surface area (Å²) in [6.45, 7) is 6.24. The molecule has 1 aromatic carbocycles. The van der Waals surface area contributed by atoms with Crippen LogP contribution in [0.1, 0.15) is 30.0 Å². The first kappa shape index (κ1) is 13.2. The summed E-state index contributed by atoms with van der Waals surface area (Å²) in [7, 11) is -3.11. The Morgan fingerprint density at radius 3 is 2.56 bits per heavy atom. The van der Waals surface area contributed by atoms with Gasteiger partial charge in [-0.1, -0.05) is 30.7 Å². The van der Waals surface area contributed by atoms with Crippen LogP contribution >= 0.6 is 0 Å². The van der Waals surface area contributed by atoms with Crippen molar-refractivity contribution in [3.8, 4) is 0 Å². The summed E-state index contributed by atoms with van der Waals surface area (Å²) in [5.41, 5.74) is 3.31. The minimum Gasteiger partial charge on any atom is -0.212 e. The van der Waals surface area contributed by atoms with Gasteiger partial charge in [0.05, 0.1) is 5.75 Å². The average Bonchev–Trinajstić information content (AvgIpc) is 2.19. The van der Waals surface area contributed by atoms with Crippen LogP contribution in [0.25, 0.3) is 0 Å². The molecule has 0 unspecified atom stereocenters. The molecule has 0 radical (unpaired) electrons. The molecule has 1 N–H and O–H groups in total. The van der Waals surface area contributed by atoms with E-state index in [1.807, 2.05) is 39.0 Å². The van der Waals surface area contributed by atoms with Crippen molar-refractivity contribution in [2.24, 2.45) is 0 Å². The molecule has 0 bridgehead atoms. The van der Waals surface area contributed by atoms with Crippen molar-refractivity contribution in [3.05, 3.63) is 34.9 Å². The fraction of sp³-hybridized carbons (Fsp3) is 0.500. The highest BCUT2D eigenvalue weighted by Crippen LogP contribution is 2.10. The summed E-state index contributed by atoms with van der Waals surface area (Å²) in [5, 5.41) is 0.